The Morgan fingerprint density at radius 2 is 2.04 bits per heavy atom. The summed E-state index contributed by atoms with van der Waals surface area (Å²) in [6.07, 6.45) is 2.32. The lowest BCUT2D eigenvalue weighted by molar-refractivity contribution is 0.0379. The molecule has 0 aliphatic heterocycles. The Morgan fingerprint density at radius 3 is 2.72 bits per heavy atom. The number of halogens is 3. The largest absolute Gasteiger partial charge is 0.453 e. The van der Waals surface area contributed by atoms with E-state index in [9.17, 15) is 18.0 Å². The van der Waals surface area contributed by atoms with Gasteiger partial charge in [0.2, 0.25) is 0 Å². The molecule has 1 aromatic carbocycles. The van der Waals surface area contributed by atoms with E-state index in [0.717, 1.165) is 17.5 Å². The summed E-state index contributed by atoms with van der Waals surface area (Å²) in [7, 11) is 0. The van der Waals surface area contributed by atoms with Gasteiger partial charge in [0.15, 0.2) is 5.82 Å². The number of benzene rings is 1. The first kappa shape index (κ1) is 17.2. The lowest BCUT2D eigenvalue weighted by Gasteiger charge is -2.06. The van der Waals surface area contributed by atoms with Crippen LogP contribution in [0.1, 0.15) is 27.7 Å². The molecule has 2 heterocycles. The number of esters is 1. The van der Waals surface area contributed by atoms with E-state index in [1.165, 1.54) is 18.3 Å². The van der Waals surface area contributed by atoms with Crippen molar-refractivity contribution in [3.8, 4) is 10.6 Å². The lowest BCUT2D eigenvalue weighted by atomic mass is 10.2. The maximum absolute atomic E-state index is 13.0. The van der Waals surface area contributed by atoms with Crippen molar-refractivity contribution < 1.29 is 22.7 Å². The molecule has 130 valence electrons. The van der Waals surface area contributed by atoms with Crippen LogP contribution in [-0.4, -0.2) is 20.5 Å². The van der Waals surface area contributed by atoms with E-state index in [1.807, 2.05) is 0 Å². The van der Waals surface area contributed by atoms with Crippen molar-refractivity contribution in [2.45, 2.75) is 20.1 Å². The van der Waals surface area contributed by atoms with Gasteiger partial charge in [-0.25, -0.2) is 19.2 Å². The van der Waals surface area contributed by atoms with Crippen LogP contribution in [-0.2, 0) is 11.3 Å². The zero-order valence-electron chi connectivity index (χ0n) is 12.9. The molecule has 0 aliphatic carbocycles. The standard InChI is InChI=1S/C16H12F3N3O2S/c1-9-13(25-14(21-9)10-2-4-11(17)5-3-10)15(23)24-8-12-20-6-7-22(12)16(18)19/h2-7,16H,8H2,1H3. The van der Waals surface area contributed by atoms with E-state index in [-0.39, 0.29) is 23.1 Å². The van der Waals surface area contributed by atoms with Crippen LogP contribution in [0.2, 0.25) is 0 Å². The predicted octanol–water partition coefficient (Wildman–Crippen LogP) is 4.21. The van der Waals surface area contributed by atoms with Gasteiger partial charge in [0.1, 0.15) is 22.3 Å². The Morgan fingerprint density at radius 1 is 1.32 bits per heavy atom. The predicted molar refractivity (Wildman–Crippen MR) is 84.8 cm³/mol. The van der Waals surface area contributed by atoms with Gasteiger partial charge < -0.3 is 4.74 Å². The van der Waals surface area contributed by atoms with Crippen molar-refractivity contribution in [1.29, 1.82) is 0 Å². The summed E-state index contributed by atoms with van der Waals surface area (Å²) in [5, 5.41) is 0.540. The third-order valence-electron chi connectivity index (χ3n) is 3.36. The fourth-order valence-corrected chi connectivity index (χ4v) is 3.10. The van der Waals surface area contributed by atoms with Crippen LogP contribution >= 0.6 is 11.3 Å². The highest BCUT2D eigenvalue weighted by atomic mass is 32.1. The van der Waals surface area contributed by atoms with E-state index in [2.05, 4.69) is 9.97 Å². The van der Waals surface area contributed by atoms with Crippen LogP contribution in [0.5, 0.6) is 0 Å². The number of imidazole rings is 1. The summed E-state index contributed by atoms with van der Waals surface area (Å²) < 4.78 is 44.2. The van der Waals surface area contributed by atoms with Gasteiger partial charge in [-0.15, -0.1) is 11.3 Å². The zero-order valence-corrected chi connectivity index (χ0v) is 13.8. The number of hydrogen-bond acceptors (Lipinski definition) is 5. The van der Waals surface area contributed by atoms with Crippen molar-refractivity contribution in [2.75, 3.05) is 0 Å². The third kappa shape index (κ3) is 3.71. The third-order valence-corrected chi connectivity index (χ3v) is 4.55. The van der Waals surface area contributed by atoms with E-state index in [1.54, 1.807) is 19.1 Å². The molecule has 0 unspecified atom stereocenters. The number of ether oxygens (including phenoxy) is 1. The van der Waals surface area contributed by atoms with Crippen LogP contribution in [0, 0.1) is 12.7 Å². The van der Waals surface area contributed by atoms with Crippen LogP contribution in [0.15, 0.2) is 36.7 Å². The molecule has 9 heteroatoms. The maximum atomic E-state index is 13.0. The van der Waals surface area contributed by atoms with Gasteiger partial charge in [-0.05, 0) is 31.2 Å². The number of carbonyl (C=O) groups excluding carboxylic acids is 1. The minimum absolute atomic E-state index is 0.0516. The molecule has 0 N–H and O–H groups in total. The summed E-state index contributed by atoms with van der Waals surface area (Å²) in [5.41, 5.74) is 1.12. The smallest absolute Gasteiger partial charge is 0.350 e. The minimum atomic E-state index is -2.76. The fraction of sp³-hybridized carbons (Fsp3) is 0.188. The molecule has 0 saturated carbocycles. The molecular weight excluding hydrogens is 355 g/mol. The summed E-state index contributed by atoms with van der Waals surface area (Å²) in [6.45, 7) is -1.49. The van der Waals surface area contributed by atoms with Gasteiger partial charge in [-0.2, -0.15) is 8.78 Å². The Kier molecular flexibility index (Phi) is 4.84. The molecule has 3 rings (SSSR count). The molecule has 0 aliphatic rings. The Balaban J connectivity index is 1.74. The van der Waals surface area contributed by atoms with Crippen molar-refractivity contribution in [3.05, 3.63) is 58.9 Å². The Bertz CT molecular complexity index is 890. The molecule has 0 saturated heterocycles. The van der Waals surface area contributed by atoms with Crippen molar-refractivity contribution in [2.24, 2.45) is 0 Å². The summed E-state index contributed by atoms with van der Waals surface area (Å²) >= 11 is 1.09. The number of aromatic nitrogens is 3. The van der Waals surface area contributed by atoms with E-state index < -0.39 is 12.5 Å². The second kappa shape index (κ2) is 7.06. The summed E-state index contributed by atoms with van der Waals surface area (Å²) in [6, 6.07) is 5.72. The maximum Gasteiger partial charge on any atom is 0.350 e. The first-order valence-corrected chi connectivity index (χ1v) is 7.97. The quantitative estimate of drug-likeness (QED) is 0.634. The number of aryl methyl sites for hydroxylation is 1. The second-order valence-corrected chi connectivity index (χ2v) is 6.04. The number of nitrogens with zero attached hydrogens (tertiary/aromatic N) is 3. The molecular formula is C16H12F3N3O2S. The van der Waals surface area contributed by atoms with E-state index >= 15 is 0 Å². The highest BCUT2D eigenvalue weighted by Gasteiger charge is 2.19. The number of alkyl halides is 2. The molecule has 0 radical (unpaired) electrons. The lowest BCUT2D eigenvalue weighted by Crippen LogP contribution is -2.10. The van der Waals surface area contributed by atoms with Gasteiger partial charge in [0.05, 0.1) is 5.69 Å². The van der Waals surface area contributed by atoms with Crippen molar-refractivity contribution in [1.82, 2.24) is 14.5 Å². The first-order chi connectivity index (χ1) is 12.0. The summed E-state index contributed by atoms with van der Waals surface area (Å²) in [4.78, 5) is 20.5. The van der Waals surface area contributed by atoms with E-state index in [0.29, 0.717) is 20.8 Å². The molecule has 5 nitrogen and oxygen atoms in total. The van der Waals surface area contributed by atoms with Gasteiger partial charge in [0.25, 0.3) is 0 Å². The number of rotatable bonds is 5. The molecule has 25 heavy (non-hydrogen) atoms. The van der Waals surface area contributed by atoms with Gasteiger partial charge in [-0.1, -0.05) is 0 Å². The van der Waals surface area contributed by atoms with Crippen LogP contribution < -0.4 is 0 Å². The second-order valence-electron chi connectivity index (χ2n) is 5.04. The SMILES string of the molecule is Cc1nc(-c2ccc(F)cc2)sc1C(=O)OCc1nccn1C(F)F. The zero-order chi connectivity index (χ0) is 18.0. The molecule has 2 aromatic heterocycles. The van der Waals surface area contributed by atoms with Gasteiger partial charge >= 0.3 is 12.5 Å². The highest BCUT2D eigenvalue weighted by Crippen LogP contribution is 2.28. The molecule has 3 aromatic rings. The molecule has 0 bridgehead atoms. The molecule has 0 spiro atoms. The van der Waals surface area contributed by atoms with Crippen molar-refractivity contribution in [3.63, 3.8) is 0 Å². The average molecular weight is 367 g/mol. The first-order valence-electron chi connectivity index (χ1n) is 7.16. The molecule has 0 fully saturated rings. The number of thiazole rings is 1. The highest BCUT2D eigenvalue weighted by molar-refractivity contribution is 7.17. The monoisotopic (exact) mass is 367 g/mol. The Labute approximate surface area is 144 Å². The van der Waals surface area contributed by atoms with Crippen LogP contribution in [0.3, 0.4) is 0 Å². The summed E-state index contributed by atoms with van der Waals surface area (Å²) in [5.74, 6) is -1.09. The van der Waals surface area contributed by atoms with Gasteiger partial charge in [-0.3, -0.25) is 4.57 Å². The van der Waals surface area contributed by atoms with Gasteiger partial charge in [0, 0.05) is 18.0 Å². The normalized spacial score (nSPS) is 11.1. The number of hydrogen-bond donors (Lipinski definition) is 0. The Hall–Kier alpha value is -2.68. The van der Waals surface area contributed by atoms with Crippen LogP contribution in [0.4, 0.5) is 13.2 Å². The minimum Gasteiger partial charge on any atom is -0.453 e. The molecule has 0 atom stereocenters. The van der Waals surface area contributed by atoms with Crippen LogP contribution in [0.25, 0.3) is 10.6 Å². The molecule has 0 amide bonds. The van der Waals surface area contributed by atoms with E-state index in [4.69, 9.17) is 4.74 Å². The van der Waals surface area contributed by atoms with Crippen molar-refractivity contribution >= 4 is 17.3 Å². The topological polar surface area (TPSA) is 57.0 Å². The fourth-order valence-electron chi connectivity index (χ4n) is 2.13. The number of carbonyl (C=O) groups is 1. The average Bonchev–Trinajstić information content (AvgIpc) is 3.20.